The lowest BCUT2D eigenvalue weighted by molar-refractivity contribution is 0.439. The number of hydrogen-bond acceptors (Lipinski definition) is 4. The second-order valence-electron chi connectivity index (χ2n) is 5.14. The lowest BCUT2D eigenvalue weighted by Gasteiger charge is -2.05. The monoisotopic (exact) mass is 362 g/mol. The van der Waals surface area contributed by atoms with Crippen molar-refractivity contribution in [3.8, 4) is 21.7 Å². The van der Waals surface area contributed by atoms with Crippen LogP contribution in [-0.4, -0.2) is 5.16 Å². The van der Waals surface area contributed by atoms with E-state index in [1.54, 1.807) is 11.3 Å². The Kier molecular flexibility index (Phi) is 3.63. The van der Waals surface area contributed by atoms with Gasteiger partial charge in [0.05, 0.1) is 14.2 Å². The summed E-state index contributed by atoms with van der Waals surface area (Å²) in [5.41, 5.74) is 12.4. The summed E-state index contributed by atoms with van der Waals surface area (Å²) in [7, 11) is 0. The molecule has 1 aromatic carbocycles. The summed E-state index contributed by atoms with van der Waals surface area (Å²) in [6, 6.07) is 8.37. The van der Waals surface area contributed by atoms with Crippen molar-refractivity contribution in [1.29, 1.82) is 0 Å². The fourth-order valence-corrected chi connectivity index (χ4v) is 3.75. The van der Waals surface area contributed by atoms with Crippen molar-refractivity contribution in [1.82, 2.24) is 5.16 Å². The number of aromatic nitrogens is 1. The predicted octanol–water partition coefficient (Wildman–Crippen LogP) is 5.34. The molecule has 0 spiro atoms. The molecule has 0 radical (unpaired) electrons. The van der Waals surface area contributed by atoms with E-state index in [-0.39, 0.29) is 0 Å². The summed E-state index contributed by atoms with van der Waals surface area (Å²) < 4.78 is 6.34. The molecular weight excluding hydrogens is 348 g/mol. The van der Waals surface area contributed by atoms with Gasteiger partial charge in [-0.3, -0.25) is 0 Å². The zero-order valence-corrected chi connectivity index (χ0v) is 14.4. The molecule has 0 saturated heterocycles. The molecule has 0 amide bonds. The van der Waals surface area contributed by atoms with E-state index in [1.807, 2.05) is 0 Å². The van der Waals surface area contributed by atoms with Crippen molar-refractivity contribution in [2.75, 3.05) is 5.73 Å². The molecule has 0 aliphatic rings. The van der Waals surface area contributed by atoms with Gasteiger partial charge in [-0.05, 0) is 65.0 Å². The van der Waals surface area contributed by atoms with Crippen LogP contribution >= 0.6 is 27.3 Å². The quantitative estimate of drug-likeness (QED) is 0.669. The lowest BCUT2D eigenvalue weighted by atomic mass is 10.00. The molecule has 3 rings (SSSR count). The third-order valence-electron chi connectivity index (χ3n) is 3.60. The first-order valence-corrected chi connectivity index (χ1v) is 8.17. The van der Waals surface area contributed by atoms with Gasteiger partial charge in [0.1, 0.15) is 5.69 Å². The van der Waals surface area contributed by atoms with Crippen LogP contribution < -0.4 is 5.73 Å². The maximum Gasteiger partial charge on any atom is 0.230 e. The Morgan fingerprint density at radius 3 is 2.48 bits per heavy atom. The van der Waals surface area contributed by atoms with Crippen molar-refractivity contribution in [3.05, 3.63) is 44.7 Å². The highest BCUT2D eigenvalue weighted by molar-refractivity contribution is 9.11. The number of hydrogen-bond donors (Lipinski definition) is 1. The van der Waals surface area contributed by atoms with Crippen LogP contribution in [0, 0.1) is 20.8 Å². The first-order valence-electron chi connectivity index (χ1n) is 6.56. The first kappa shape index (κ1) is 14.4. The number of benzene rings is 1. The zero-order valence-electron chi connectivity index (χ0n) is 12.0. The molecule has 3 aromatic rings. The molecule has 5 heteroatoms. The van der Waals surface area contributed by atoms with E-state index in [0.29, 0.717) is 5.88 Å². The second-order valence-corrected chi connectivity index (χ2v) is 7.51. The maximum absolute atomic E-state index is 6.01. The Bertz CT molecular complexity index is 800. The predicted molar refractivity (Wildman–Crippen MR) is 91.6 cm³/mol. The minimum absolute atomic E-state index is 0.357. The van der Waals surface area contributed by atoms with Crippen LogP contribution in [0.2, 0.25) is 0 Å². The SMILES string of the molecule is Cc1ccc(-c2c(-c3cc(C)c(Br)s3)noc2N)cc1C. The maximum atomic E-state index is 6.01. The number of aryl methyl sites for hydroxylation is 3. The Morgan fingerprint density at radius 1 is 1.10 bits per heavy atom. The third kappa shape index (κ3) is 2.51. The fraction of sp³-hybridized carbons (Fsp3) is 0.188. The van der Waals surface area contributed by atoms with Crippen LogP contribution in [-0.2, 0) is 0 Å². The summed E-state index contributed by atoms with van der Waals surface area (Å²) >= 11 is 5.19. The topological polar surface area (TPSA) is 52.0 Å². The molecule has 0 atom stereocenters. The molecule has 108 valence electrons. The molecule has 21 heavy (non-hydrogen) atoms. The van der Waals surface area contributed by atoms with E-state index >= 15 is 0 Å². The number of halogens is 1. The van der Waals surface area contributed by atoms with Gasteiger partial charge in [0.15, 0.2) is 0 Å². The normalized spacial score (nSPS) is 11.0. The van der Waals surface area contributed by atoms with Gasteiger partial charge in [0.25, 0.3) is 0 Å². The van der Waals surface area contributed by atoms with Gasteiger partial charge >= 0.3 is 0 Å². The van der Waals surface area contributed by atoms with E-state index in [2.05, 4.69) is 66.1 Å². The molecule has 0 fully saturated rings. The highest BCUT2D eigenvalue weighted by Crippen LogP contribution is 2.41. The number of anilines is 1. The van der Waals surface area contributed by atoms with Gasteiger partial charge in [0.2, 0.25) is 5.88 Å². The minimum atomic E-state index is 0.357. The molecule has 3 nitrogen and oxygen atoms in total. The Labute approximate surface area is 135 Å². The first-order chi connectivity index (χ1) is 9.97. The van der Waals surface area contributed by atoms with Crippen LogP contribution in [0.3, 0.4) is 0 Å². The Hall–Kier alpha value is -1.59. The van der Waals surface area contributed by atoms with Gasteiger partial charge < -0.3 is 10.3 Å². The van der Waals surface area contributed by atoms with E-state index in [9.17, 15) is 0 Å². The van der Waals surface area contributed by atoms with E-state index in [0.717, 1.165) is 25.5 Å². The van der Waals surface area contributed by atoms with Gasteiger partial charge in [-0.15, -0.1) is 11.3 Å². The average Bonchev–Trinajstić information content (AvgIpc) is 2.97. The molecule has 0 aliphatic heterocycles. The van der Waals surface area contributed by atoms with E-state index < -0.39 is 0 Å². The van der Waals surface area contributed by atoms with Crippen molar-refractivity contribution >= 4 is 33.2 Å². The van der Waals surface area contributed by atoms with Gasteiger partial charge in [0, 0.05) is 0 Å². The van der Waals surface area contributed by atoms with Gasteiger partial charge in [-0.25, -0.2) is 0 Å². The average molecular weight is 363 g/mol. The highest BCUT2D eigenvalue weighted by atomic mass is 79.9. The summed E-state index contributed by atoms with van der Waals surface area (Å²) in [5.74, 6) is 0.357. The van der Waals surface area contributed by atoms with Crippen LogP contribution in [0.15, 0.2) is 32.6 Å². The van der Waals surface area contributed by atoms with Crippen LogP contribution in [0.5, 0.6) is 0 Å². The molecule has 0 aliphatic carbocycles. The number of nitrogens with two attached hydrogens (primary N) is 1. The Balaban J connectivity index is 2.19. The largest absolute Gasteiger partial charge is 0.367 e. The molecular formula is C16H15BrN2OS. The summed E-state index contributed by atoms with van der Waals surface area (Å²) in [4.78, 5) is 1.05. The second kappa shape index (κ2) is 5.31. The van der Waals surface area contributed by atoms with Crippen molar-refractivity contribution in [2.45, 2.75) is 20.8 Å². The molecule has 0 saturated carbocycles. The smallest absolute Gasteiger partial charge is 0.230 e. The number of thiophene rings is 1. The van der Waals surface area contributed by atoms with E-state index in [4.69, 9.17) is 10.3 Å². The number of nitrogens with zero attached hydrogens (tertiary/aromatic N) is 1. The minimum Gasteiger partial charge on any atom is -0.367 e. The van der Waals surface area contributed by atoms with Crippen molar-refractivity contribution in [3.63, 3.8) is 0 Å². The van der Waals surface area contributed by atoms with Crippen molar-refractivity contribution < 1.29 is 4.52 Å². The molecule has 2 N–H and O–H groups in total. The van der Waals surface area contributed by atoms with Crippen LogP contribution in [0.1, 0.15) is 16.7 Å². The molecule has 2 aromatic heterocycles. The summed E-state index contributed by atoms with van der Waals surface area (Å²) in [6.45, 7) is 6.24. The van der Waals surface area contributed by atoms with Gasteiger partial charge in [-0.2, -0.15) is 0 Å². The molecule has 2 heterocycles. The van der Waals surface area contributed by atoms with Crippen molar-refractivity contribution in [2.24, 2.45) is 0 Å². The number of nitrogen functional groups attached to an aromatic ring is 1. The molecule has 0 bridgehead atoms. The summed E-state index contributed by atoms with van der Waals surface area (Å²) in [6.07, 6.45) is 0. The number of rotatable bonds is 2. The fourth-order valence-electron chi connectivity index (χ4n) is 2.22. The van der Waals surface area contributed by atoms with Crippen LogP contribution in [0.25, 0.3) is 21.7 Å². The van der Waals surface area contributed by atoms with E-state index in [1.165, 1.54) is 16.7 Å². The van der Waals surface area contributed by atoms with Crippen LogP contribution in [0.4, 0.5) is 5.88 Å². The Morgan fingerprint density at radius 2 is 1.86 bits per heavy atom. The standard InChI is InChI=1S/C16H15BrN2OS/c1-8-4-5-11(6-9(8)2)13-14(19-20-16(13)18)12-7-10(3)15(17)21-12/h4-7H,18H2,1-3H3. The van der Waals surface area contributed by atoms with Gasteiger partial charge in [-0.1, -0.05) is 23.4 Å². The zero-order chi connectivity index (χ0) is 15.1. The summed E-state index contributed by atoms with van der Waals surface area (Å²) in [5, 5.41) is 4.16. The molecule has 0 unspecified atom stereocenters. The highest BCUT2D eigenvalue weighted by Gasteiger charge is 2.20. The lowest BCUT2D eigenvalue weighted by Crippen LogP contribution is -1.89. The third-order valence-corrected chi connectivity index (χ3v) is 5.75.